The summed E-state index contributed by atoms with van der Waals surface area (Å²) in [4.78, 5) is 30.6. The van der Waals surface area contributed by atoms with Crippen molar-refractivity contribution in [3.05, 3.63) is 53.9 Å². The fourth-order valence-corrected chi connectivity index (χ4v) is 4.34. The van der Waals surface area contributed by atoms with Crippen molar-refractivity contribution in [1.29, 1.82) is 0 Å². The predicted octanol–water partition coefficient (Wildman–Crippen LogP) is 3.22. The summed E-state index contributed by atoms with van der Waals surface area (Å²) in [7, 11) is 1.33. The van der Waals surface area contributed by atoms with E-state index in [0.717, 1.165) is 12.8 Å². The Labute approximate surface area is 204 Å². The molecule has 1 fully saturated rings. The van der Waals surface area contributed by atoms with E-state index in [2.05, 4.69) is 27.8 Å². The molecule has 0 spiro atoms. The van der Waals surface area contributed by atoms with Crippen molar-refractivity contribution < 1.29 is 24.2 Å². The lowest BCUT2D eigenvalue weighted by atomic mass is 10.1. The van der Waals surface area contributed by atoms with Crippen molar-refractivity contribution >= 4 is 34.3 Å². The summed E-state index contributed by atoms with van der Waals surface area (Å²) < 4.78 is 12.3. The highest BCUT2D eigenvalue weighted by Gasteiger charge is 2.29. The number of rotatable bonds is 10. The Kier molecular flexibility index (Phi) is 7.99. The molecule has 1 aliphatic heterocycles. The number of aliphatic hydroxyl groups is 1. The zero-order chi connectivity index (χ0) is 24.8. The first-order valence-corrected chi connectivity index (χ1v) is 11.9. The van der Waals surface area contributed by atoms with E-state index in [1.807, 2.05) is 35.8 Å². The number of anilines is 2. The summed E-state index contributed by atoms with van der Waals surface area (Å²) in [6, 6.07) is 11.8. The highest BCUT2D eigenvalue weighted by molar-refractivity contribution is 6.11. The van der Waals surface area contributed by atoms with Gasteiger partial charge in [0, 0.05) is 24.6 Å². The fourth-order valence-electron chi connectivity index (χ4n) is 4.34. The van der Waals surface area contributed by atoms with Crippen LogP contribution < -0.4 is 10.6 Å². The minimum atomic E-state index is -0.543. The van der Waals surface area contributed by atoms with Gasteiger partial charge in [0.05, 0.1) is 43.8 Å². The van der Waals surface area contributed by atoms with Crippen LogP contribution in [0.3, 0.4) is 0 Å². The molecule has 9 heteroatoms. The maximum absolute atomic E-state index is 13.0. The van der Waals surface area contributed by atoms with E-state index in [4.69, 9.17) is 9.47 Å². The molecule has 9 nitrogen and oxygen atoms in total. The first kappa shape index (κ1) is 24.7. The van der Waals surface area contributed by atoms with Crippen molar-refractivity contribution in [2.45, 2.75) is 38.8 Å². The summed E-state index contributed by atoms with van der Waals surface area (Å²) in [5.41, 5.74) is 3.12. The van der Waals surface area contributed by atoms with Crippen LogP contribution in [-0.2, 0) is 27.2 Å². The Bertz CT molecular complexity index is 1170. The second-order valence-corrected chi connectivity index (χ2v) is 8.83. The van der Waals surface area contributed by atoms with E-state index in [1.54, 1.807) is 6.20 Å². The summed E-state index contributed by atoms with van der Waals surface area (Å²) >= 11 is 0. The highest BCUT2D eigenvalue weighted by Crippen LogP contribution is 2.34. The van der Waals surface area contributed by atoms with Crippen molar-refractivity contribution in [3.63, 3.8) is 0 Å². The summed E-state index contributed by atoms with van der Waals surface area (Å²) in [6.07, 6.45) is 3.90. The number of carbonyl (C=O) groups excluding carboxylic acids is 2. The maximum atomic E-state index is 13.0. The maximum Gasteiger partial charge on any atom is 0.356 e. The molecule has 1 amide bonds. The number of hydrogen-bond donors (Lipinski definition) is 3. The molecule has 0 unspecified atom stereocenters. The van der Waals surface area contributed by atoms with Gasteiger partial charge in [-0.1, -0.05) is 30.3 Å². The van der Waals surface area contributed by atoms with Crippen LogP contribution in [0.5, 0.6) is 0 Å². The molecule has 2 aromatic heterocycles. The van der Waals surface area contributed by atoms with E-state index in [9.17, 15) is 14.7 Å². The van der Waals surface area contributed by atoms with Crippen molar-refractivity contribution in [1.82, 2.24) is 9.55 Å². The van der Waals surface area contributed by atoms with Crippen LogP contribution in [0.25, 0.3) is 11.0 Å². The third-order valence-corrected chi connectivity index (χ3v) is 6.20. The number of pyridine rings is 1. The van der Waals surface area contributed by atoms with Gasteiger partial charge in [0.2, 0.25) is 5.91 Å². The molecule has 1 saturated heterocycles. The third kappa shape index (κ3) is 5.63. The van der Waals surface area contributed by atoms with Gasteiger partial charge < -0.3 is 29.8 Å². The number of methoxy groups -OCH3 is 1. The lowest BCUT2D eigenvalue weighted by molar-refractivity contribution is -0.119. The first-order valence-electron chi connectivity index (χ1n) is 11.9. The monoisotopic (exact) mass is 480 g/mol. The van der Waals surface area contributed by atoms with Gasteiger partial charge in [0.1, 0.15) is 5.65 Å². The smallest absolute Gasteiger partial charge is 0.356 e. The lowest BCUT2D eigenvalue weighted by Gasteiger charge is -2.13. The quantitative estimate of drug-likeness (QED) is 0.382. The van der Waals surface area contributed by atoms with Crippen LogP contribution in [0.15, 0.2) is 42.6 Å². The highest BCUT2D eigenvalue weighted by atomic mass is 16.5. The predicted molar refractivity (Wildman–Crippen MR) is 134 cm³/mol. The lowest BCUT2D eigenvalue weighted by Crippen LogP contribution is -2.24. The Morgan fingerprint density at radius 1 is 1.31 bits per heavy atom. The summed E-state index contributed by atoms with van der Waals surface area (Å²) in [5, 5.41) is 16.2. The van der Waals surface area contributed by atoms with Gasteiger partial charge in [-0.25, -0.2) is 9.78 Å². The number of carbonyl (C=O) groups is 2. The molecule has 0 bridgehead atoms. The fraction of sp³-hybridized carbons (Fsp3) is 0.423. The number of amides is 1. The molecule has 35 heavy (non-hydrogen) atoms. The van der Waals surface area contributed by atoms with Gasteiger partial charge in [-0.3, -0.25) is 4.79 Å². The third-order valence-electron chi connectivity index (χ3n) is 6.20. The number of fused-ring (bicyclic) bond motifs is 1. The standard InChI is InChI=1S/C26H32N4O5/c1-17(15-31)28-20-13-21-22(29-25(32)19-10-12-35-16-19)23(26(33)34-2)30(24(21)27-14-20)11-6-9-18-7-4-3-5-8-18/h3-5,7-8,13-14,17,19,28,31H,6,9-12,15-16H2,1-2H3,(H,29,32)/t17-,19-/m1/s1. The second-order valence-electron chi connectivity index (χ2n) is 8.83. The molecule has 2 atom stereocenters. The van der Waals surface area contributed by atoms with Gasteiger partial charge in [-0.2, -0.15) is 0 Å². The SMILES string of the molecule is COC(=O)c1c(NC(=O)[C@@H]2CCOC2)c2cc(N[C@H](C)CO)cnc2n1CCCc1ccccc1. The topological polar surface area (TPSA) is 115 Å². The van der Waals surface area contributed by atoms with Gasteiger partial charge in [-0.05, 0) is 37.8 Å². The Balaban J connectivity index is 1.74. The molecular formula is C26H32N4O5. The zero-order valence-corrected chi connectivity index (χ0v) is 20.1. The molecule has 3 N–H and O–H groups in total. The van der Waals surface area contributed by atoms with Crippen LogP contribution in [0.2, 0.25) is 0 Å². The van der Waals surface area contributed by atoms with Crippen LogP contribution in [-0.4, -0.2) is 59.5 Å². The number of ether oxygens (including phenoxy) is 2. The molecule has 3 heterocycles. The molecular weight excluding hydrogens is 448 g/mol. The Morgan fingerprint density at radius 3 is 2.80 bits per heavy atom. The van der Waals surface area contributed by atoms with Gasteiger partial charge >= 0.3 is 5.97 Å². The Hall–Kier alpha value is -3.43. The molecule has 3 aromatic rings. The summed E-state index contributed by atoms with van der Waals surface area (Å²) in [6.45, 7) is 3.22. The number of nitrogens with zero attached hydrogens (tertiary/aromatic N) is 2. The van der Waals surface area contributed by atoms with Gasteiger partial charge in [0.15, 0.2) is 5.69 Å². The van der Waals surface area contributed by atoms with Crippen molar-refractivity contribution in [2.24, 2.45) is 5.92 Å². The number of benzene rings is 1. The number of hydrogen-bond acceptors (Lipinski definition) is 7. The molecule has 4 rings (SSSR count). The second kappa shape index (κ2) is 11.3. The molecule has 1 aromatic carbocycles. The average molecular weight is 481 g/mol. The minimum Gasteiger partial charge on any atom is -0.464 e. The van der Waals surface area contributed by atoms with Crippen molar-refractivity contribution in [2.75, 3.05) is 37.6 Å². The van der Waals surface area contributed by atoms with E-state index in [-0.39, 0.29) is 30.2 Å². The molecule has 0 radical (unpaired) electrons. The van der Waals surface area contributed by atoms with E-state index >= 15 is 0 Å². The van der Waals surface area contributed by atoms with Crippen molar-refractivity contribution in [3.8, 4) is 0 Å². The van der Waals surface area contributed by atoms with Crippen LogP contribution in [0, 0.1) is 5.92 Å². The largest absolute Gasteiger partial charge is 0.464 e. The van der Waals surface area contributed by atoms with E-state index in [1.165, 1.54) is 12.7 Å². The Morgan fingerprint density at radius 2 is 2.11 bits per heavy atom. The van der Waals surface area contributed by atoms with Crippen LogP contribution in [0.4, 0.5) is 11.4 Å². The molecule has 186 valence electrons. The zero-order valence-electron chi connectivity index (χ0n) is 20.1. The minimum absolute atomic E-state index is 0.0444. The number of esters is 1. The van der Waals surface area contributed by atoms with Gasteiger partial charge in [-0.15, -0.1) is 0 Å². The summed E-state index contributed by atoms with van der Waals surface area (Å²) in [5.74, 6) is -1.02. The molecule has 1 aliphatic rings. The first-order chi connectivity index (χ1) is 17.0. The number of nitrogens with one attached hydrogen (secondary N) is 2. The number of aryl methyl sites for hydroxylation is 2. The van der Waals surface area contributed by atoms with Crippen LogP contribution in [0.1, 0.15) is 35.8 Å². The number of aliphatic hydroxyl groups excluding tert-OH is 1. The molecule has 0 aliphatic carbocycles. The normalized spacial score (nSPS) is 16.3. The molecule has 0 saturated carbocycles. The van der Waals surface area contributed by atoms with E-state index < -0.39 is 5.97 Å². The van der Waals surface area contributed by atoms with Gasteiger partial charge in [0.25, 0.3) is 0 Å². The average Bonchev–Trinajstić information content (AvgIpc) is 3.52. The van der Waals surface area contributed by atoms with Crippen LogP contribution >= 0.6 is 0 Å². The van der Waals surface area contributed by atoms with E-state index in [0.29, 0.717) is 48.6 Å². The number of aromatic nitrogens is 2.